The summed E-state index contributed by atoms with van der Waals surface area (Å²) < 4.78 is 3.61. The molecule has 0 unspecified atom stereocenters. The first-order valence-corrected chi connectivity index (χ1v) is 5.40. The van der Waals surface area contributed by atoms with Crippen molar-refractivity contribution in [3.63, 3.8) is 0 Å². The lowest BCUT2D eigenvalue weighted by atomic mass is 10.2. The highest BCUT2D eigenvalue weighted by Gasteiger charge is 2.11. The number of rotatable bonds is 1. The Labute approximate surface area is 98.5 Å². The normalized spacial score (nSPS) is 11.2. The van der Waals surface area contributed by atoms with Crippen LogP contribution in [0.15, 0.2) is 30.5 Å². The maximum atomic E-state index is 5.95. The van der Waals surface area contributed by atoms with Crippen LogP contribution in [-0.4, -0.2) is 19.3 Å². The summed E-state index contributed by atoms with van der Waals surface area (Å²) in [5.74, 6) is 1.25. The van der Waals surface area contributed by atoms with Gasteiger partial charge < -0.3 is 5.73 Å². The van der Waals surface area contributed by atoms with Gasteiger partial charge in [0.2, 0.25) is 5.95 Å². The molecule has 5 heteroatoms. The molecule has 0 amide bonds. The molecule has 1 aromatic carbocycles. The van der Waals surface area contributed by atoms with E-state index >= 15 is 0 Å². The highest BCUT2D eigenvalue weighted by Crippen LogP contribution is 2.22. The fourth-order valence-electron chi connectivity index (χ4n) is 1.97. The Hall–Kier alpha value is -2.30. The van der Waals surface area contributed by atoms with E-state index < -0.39 is 0 Å². The molecule has 0 atom stereocenters. The molecule has 0 bridgehead atoms. The number of benzene rings is 1. The second-order valence-corrected chi connectivity index (χ2v) is 4.15. The minimum Gasteiger partial charge on any atom is -0.369 e. The zero-order valence-corrected chi connectivity index (χ0v) is 9.75. The number of anilines is 1. The number of aromatic nitrogens is 4. The van der Waals surface area contributed by atoms with Crippen LogP contribution in [0.2, 0.25) is 0 Å². The first-order valence-electron chi connectivity index (χ1n) is 5.40. The van der Waals surface area contributed by atoms with E-state index in [-0.39, 0.29) is 0 Å². The Morgan fingerprint density at radius 2 is 2.06 bits per heavy atom. The standard InChI is InChI=1S/C12H13N5/c1-8-3-4-9-10(7-8)17(12(13)14-9)11-5-6-16(2)15-11/h3-7H,1-2H3,(H2,13,14). The maximum Gasteiger partial charge on any atom is 0.207 e. The van der Waals surface area contributed by atoms with Gasteiger partial charge in [0.25, 0.3) is 0 Å². The molecule has 0 aliphatic heterocycles. The lowest BCUT2D eigenvalue weighted by Gasteiger charge is -2.02. The average molecular weight is 227 g/mol. The minimum absolute atomic E-state index is 0.462. The van der Waals surface area contributed by atoms with Gasteiger partial charge in [-0.3, -0.25) is 9.25 Å². The van der Waals surface area contributed by atoms with Gasteiger partial charge in [-0.15, -0.1) is 0 Å². The first kappa shape index (κ1) is 9.89. The molecule has 0 saturated heterocycles. The van der Waals surface area contributed by atoms with Crippen molar-refractivity contribution >= 4 is 17.0 Å². The quantitative estimate of drug-likeness (QED) is 0.687. The summed E-state index contributed by atoms with van der Waals surface area (Å²) in [7, 11) is 1.88. The number of hydrogen-bond acceptors (Lipinski definition) is 3. The predicted octanol–water partition coefficient (Wildman–Crippen LogP) is 1.65. The van der Waals surface area contributed by atoms with Crippen LogP contribution < -0.4 is 5.73 Å². The van der Waals surface area contributed by atoms with Crippen molar-refractivity contribution in [2.75, 3.05) is 5.73 Å². The first-order chi connectivity index (χ1) is 8.15. The molecule has 5 nitrogen and oxygen atoms in total. The summed E-state index contributed by atoms with van der Waals surface area (Å²) in [6.07, 6.45) is 1.89. The number of hydrogen-bond donors (Lipinski definition) is 1. The Kier molecular flexibility index (Phi) is 1.95. The number of nitrogens with zero attached hydrogens (tertiary/aromatic N) is 4. The summed E-state index contributed by atoms with van der Waals surface area (Å²) in [5, 5.41) is 4.35. The zero-order chi connectivity index (χ0) is 12.0. The topological polar surface area (TPSA) is 61.7 Å². The summed E-state index contributed by atoms with van der Waals surface area (Å²) in [4.78, 5) is 4.33. The van der Waals surface area contributed by atoms with Gasteiger partial charge in [0.1, 0.15) is 0 Å². The van der Waals surface area contributed by atoms with Gasteiger partial charge in [-0.2, -0.15) is 5.10 Å². The molecule has 0 saturated carbocycles. The van der Waals surface area contributed by atoms with E-state index in [0.29, 0.717) is 5.95 Å². The maximum absolute atomic E-state index is 5.95. The zero-order valence-electron chi connectivity index (χ0n) is 9.75. The van der Waals surface area contributed by atoms with Crippen LogP contribution in [0, 0.1) is 6.92 Å². The van der Waals surface area contributed by atoms with Crippen LogP contribution in [0.1, 0.15) is 5.56 Å². The van der Waals surface area contributed by atoms with Crippen LogP contribution in [0.25, 0.3) is 16.9 Å². The van der Waals surface area contributed by atoms with Crippen molar-refractivity contribution in [3.8, 4) is 5.82 Å². The lowest BCUT2D eigenvalue weighted by molar-refractivity contribution is 0.754. The van der Waals surface area contributed by atoms with Crippen molar-refractivity contribution in [1.82, 2.24) is 19.3 Å². The van der Waals surface area contributed by atoms with E-state index in [9.17, 15) is 0 Å². The SMILES string of the molecule is Cc1ccc2nc(N)n(-c3ccn(C)n3)c2c1. The summed E-state index contributed by atoms with van der Waals surface area (Å²) >= 11 is 0. The third-order valence-electron chi connectivity index (χ3n) is 2.76. The molecule has 0 spiro atoms. The molecule has 17 heavy (non-hydrogen) atoms. The number of aryl methyl sites for hydroxylation is 2. The minimum atomic E-state index is 0.462. The largest absolute Gasteiger partial charge is 0.369 e. The Balaban J connectivity index is 2.34. The molecule has 0 radical (unpaired) electrons. The van der Waals surface area contributed by atoms with E-state index in [1.807, 2.05) is 42.9 Å². The van der Waals surface area contributed by atoms with E-state index in [0.717, 1.165) is 16.9 Å². The van der Waals surface area contributed by atoms with Crippen LogP contribution >= 0.6 is 0 Å². The molecule has 2 N–H and O–H groups in total. The third kappa shape index (κ3) is 1.47. The second kappa shape index (κ2) is 3.35. The molecule has 86 valence electrons. The van der Waals surface area contributed by atoms with Crippen molar-refractivity contribution < 1.29 is 0 Å². The number of fused-ring (bicyclic) bond motifs is 1. The van der Waals surface area contributed by atoms with Gasteiger partial charge in [-0.25, -0.2) is 4.98 Å². The van der Waals surface area contributed by atoms with E-state index in [1.165, 1.54) is 5.56 Å². The van der Waals surface area contributed by atoms with Crippen molar-refractivity contribution in [1.29, 1.82) is 0 Å². The van der Waals surface area contributed by atoms with Crippen molar-refractivity contribution in [3.05, 3.63) is 36.0 Å². The highest BCUT2D eigenvalue weighted by molar-refractivity contribution is 5.81. The Bertz CT molecular complexity index is 692. The highest BCUT2D eigenvalue weighted by atomic mass is 15.3. The predicted molar refractivity (Wildman–Crippen MR) is 67.0 cm³/mol. The van der Waals surface area contributed by atoms with Crippen LogP contribution in [0.4, 0.5) is 5.95 Å². The Morgan fingerprint density at radius 1 is 1.24 bits per heavy atom. The molecule has 0 fully saturated rings. The molecule has 3 aromatic rings. The molecule has 2 aromatic heterocycles. The van der Waals surface area contributed by atoms with Gasteiger partial charge in [0.05, 0.1) is 11.0 Å². The van der Waals surface area contributed by atoms with Gasteiger partial charge in [-0.05, 0) is 24.6 Å². The summed E-state index contributed by atoms with van der Waals surface area (Å²) in [6, 6.07) is 7.98. The van der Waals surface area contributed by atoms with Crippen LogP contribution in [0.5, 0.6) is 0 Å². The molecule has 2 heterocycles. The molecular formula is C12H13N5. The van der Waals surface area contributed by atoms with Crippen LogP contribution in [-0.2, 0) is 7.05 Å². The second-order valence-electron chi connectivity index (χ2n) is 4.15. The number of imidazole rings is 1. The monoisotopic (exact) mass is 227 g/mol. The van der Waals surface area contributed by atoms with Crippen LogP contribution in [0.3, 0.4) is 0 Å². The molecule has 0 aliphatic carbocycles. The fraction of sp³-hybridized carbons (Fsp3) is 0.167. The number of nitrogens with two attached hydrogens (primary N) is 1. The summed E-state index contributed by atoms with van der Waals surface area (Å²) in [6.45, 7) is 2.05. The Morgan fingerprint density at radius 3 is 2.76 bits per heavy atom. The summed E-state index contributed by atoms with van der Waals surface area (Å²) in [5.41, 5.74) is 9.00. The van der Waals surface area contributed by atoms with E-state index in [4.69, 9.17) is 5.73 Å². The van der Waals surface area contributed by atoms with Crippen molar-refractivity contribution in [2.45, 2.75) is 6.92 Å². The molecule has 3 rings (SSSR count). The van der Waals surface area contributed by atoms with E-state index in [2.05, 4.69) is 16.1 Å². The average Bonchev–Trinajstić information content (AvgIpc) is 2.81. The van der Waals surface area contributed by atoms with Gasteiger partial charge in [0, 0.05) is 19.3 Å². The van der Waals surface area contributed by atoms with E-state index in [1.54, 1.807) is 4.68 Å². The third-order valence-corrected chi connectivity index (χ3v) is 2.76. The van der Waals surface area contributed by atoms with Gasteiger partial charge >= 0.3 is 0 Å². The molecular weight excluding hydrogens is 214 g/mol. The number of nitrogen functional groups attached to an aromatic ring is 1. The fourth-order valence-corrected chi connectivity index (χ4v) is 1.97. The molecule has 0 aliphatic rings. The lowest BCUT2D eigenvalue weighted by Crippen LogP contribution is -2.02. The van der Waals surface area contributed by atoms with Gasteiger partial charge in [-0.1, -0.05) is 6.07 Å². The van der Waals surface area contributed by atoms with Crippen molar-refractivity contribution in [2.24, 2.45) is 7.05 Å². The smallest absolute Gasteiger partial charge is 0.207 e. The van der Waals surface area contributed by atoms with Gasteiger partial charge in [0.15, 0.2) is 5.82 Å².